The molecule has 0 radical (unpaired) electrons. The third kappa shape index (κ3) is 3.25. The lowest BCUT2D eigenvalue weighted by atomic mass is 10.2. The molecule has 3 rings (SSSR count). The summed E-state index contributed by atoms with van der Waals surface area (Å²) < 4.78 is 0. The minimum atomic E-state index is 0.749. The van der Waals surface area contributed by atoms with Crippen LogP contribution in [0.25, 0.3) is 0 Å². The first-order chi connectivity index (χ1) is 9.31. The Morgan fingerprint density at radius 2 is 2.05 bits per heavy atom. The maximum absolute atomic E-state index is 5.65. The molecule has 3 heterocycles. The molecule has 0 bridgehead atoms. The lowest BCUT2D eigenvalue weighted by Crippen LogP contribution is -2.35. The zero-order valence-electron chi connectivity index (χ0n) is 11.6. The van der Waals surface area contributed by atoms with Crippen LogP contribution in [0, 0.1) is 0 Å². The van der Waals surface area contributed by atoms with Crippen molar-refractivity contribution in [3.05, 3.63) is 24.0 Å². The standard InChI is InChI=1S/C15H24N4/c16-13-3-4-14(17-11-13)5-9-18-10-6-15(12-18)19-7-1-2-8-19/h3-4,11,15H,1-2,5-10,12,16H2. The van der Waals surface area contributed by atoms with E-state index in [2.05, 4.69) is 14.8 Å². The first-order valence-corrected chi connectivity index (χ1v) is 7.48. The summed E-state index contributed by atoms with van der Waals surface area (Å²) in [4.78, 5) is 9.64. The second-order valence-corrected chi connectivity index (χ2v) is 5.82. The molecule has 0 spiro atoms. The van der Waals surface area contributed by atoms with Gasteiger partial charge in [-0.15, -0.1) is 0 Å². The van der Waals surface area contributed by atoms with E-state index in [9.17, 15) is 0 Å². The van der Waals surface area contributed by atoms with Gasteiger partial charge in [-0.05, 0) is 51.0 Å². The summed E-state index contributed by atoms with van der Waals surface area (Å²) in [5.41, 5.74) is 7.56. The molecule has 4 heteroatoms. The van der Waals surface area contributed by atoms with Gasteiger partial charge in [-0.1, -0.05) is 0 Å². The fraction of sp³-hybridized carbons (Fsp3) is 0.667. The first-order valence-electron chi connectivity index (χ1n) is 7.48. The van der Waals surface area contributed by atoms with Crippen molar-refractivity contribution in [3.63, 3.8) is 0 Å². The van der Waals surface area contributed by atoms with E-state index < -0.39 is 0 Å². The van der Waals surface area contributed by atoms with Gasteiger partial charge in [-0.3, -0.25) is 9.88 Å². The van der Waals surface area contributed by atoms with Crippen molar-refractivity contribution in [2.24, 2.45) is 0 Å². The van der Waals surface area contributed by atoms with Crippen molar-refractivity contribution in [2.75, 3.05) is 38.5 Å². The van der Waals surface area contributed by atoms with E-state index in [1.165, 1.54) is 45.4 Å². The Bertz CT molecular complexity index is 397. The van der Waals surface area contributed by atoms with Gasteiger partial charge in [0.2, 0.25) is 0 Å². The quantitative estimate of drug-likeness (QED) is 0.888. The second-order valence-electron chi connectivity index (χ2n) is 5.82. The van der Waals surface area contributed by atoms with Crippen LogP contribution >= 0.6 is 0 Å². The van der Waals surface area contributed by atoms with E-state index in [0.29, 0.717) is 0 Å². The molecule has 0 saturated carbocycles. The number of rotatable bonds is 4. The average Bonchev–Trinajstić information content (AvgIpc) is 3.09. The van der Waals surface area contributed by atoms with Crippen LogP contribution in [-0.2, 0) is 6.42 Å². The van der Waals surface area contributed by atoms with Gasteiger partial charge in [0.25, 0.3) is 0 Å². The molecular weight excluding hydrogens is 236 g/mol. The molecule has 1 atom stereocenters. The molecule has 2 aliphatic rings. The van der Waals surface area contributed by atoms with Gasteiger partial charge in [-0.25, -0.2) is 0 Å². The number of aromatic nitrogens is 1. The third-order valence-corrected chi connectivity index (χ3v) is 4.44. The number of pyridine rings is 1. The summed E-state index contributed by atoms with van der Waals surface area (Å²) in [6.07, 6.45) is 6.92. The molecule has 0 aromatic carbocycles. The topological polar surface area (TPSA) is 45.4 Å². The molecule has 4 nitrogen and oxygen atoms in total. The minimum Gasteiger partial charge on any atom is -0.397 e. The zero-order chi connectivity index (χ0) is 13.1. The Kier molecular flexibility index (Phi) is 3.99. The van der Waals surface area contributed by atoms with Crippen LogP contribution in [0.5, 0.6) is 0 Å². The van der Waals surface area contributed by atoms with E-state index in [1.807, 2.05) is 12.1 Å². The summed E-state index contributed by atoms with van der Waals surface area (Å²) >= 11 is 0. The predicted molar refractivity (Wildman–Crippen MR) is 78.0 cm³/mol. The van der Waals surface area contributed by atoms with Crippen molar-refractivity contribution in [3.8, 4) is 0 Å². The Morgan fingerprint density at radius 1 is 1.21 bits per heavy atom. The largest absolute Gasteiger partial charge is 0.397 e. The van der Waals surface area contributed by atoms with Gasteiger partial charge in [0.1, 0.15) is 0 Å². The molecule has 1 unspecified atom stereocenters. The fourth-order valence-corrected chi connectivity index (χ4v) is 3.28. The third-order valence-electron chi connectivity index (χ3n) is 4.44. The van der Waals surface area contributed by atoms with Gasteiger partial charge in [0, 0.05) is 31.2 Å². The summed E-state index contributed by atoms with van der Waals surface area (Å²) in [5, 5.41) is 0. The van der Waals surface area contributed by atoms with Gasteiger partial charge in [-0.2, -0.15) is 0 Å². The SMILES string of the molecule is Nc1ccc(CCN2CCC(N3CCCC3)C2)nc1. The van der Waals surface area contributed by atoms with Gasteiger partial charge >= 0.3 is 0 Å². The van der Waals surface area contributed by atoms with Crippen molar-refractivity contribution in [1.29, 1.82) is 0 Å². The Labute approximate surface area is 115 Å². The maximum Gasteiger partial charge on any atom is 0.0501 e. The molecule has 2 N–H and O–H groups in total. The van der Waals surface area contributed by atoms with Crippen LogP contribution in [-0.4, -0.2) is 53.5 Å². The number of likely N-dealkylation sites (tertiary alicyclic amines) is 2. The van der Waals surface area contributed by atoms with E-state index in [1.54, 1.807) is 6.20 Å². The van der Waals surface area contributed by atoms with Crippen LogP contribution in [0.3, 0.4) is 0 Å². The summed E-state index contributed by atoms with van der Waals surface area (Å²) in [6.45, 7) is 6.25. The maximum atomic E-state index is 5.65. The normalized spacial score (nSPS) is 25.2. The lowest BCUT2D eigenvalue weighted by molar-refractivity contribution is 0.233. The summed E-state index contributed by atoms with van der Waals surface area (Å²) in [5.74, 6) is 0. The minimum absolute atomic E-state index is 0.749. The smallest absolute Gasteiger partial charge is 0.0501 e. The van der Waals surface area contributed by atoms with E-state index in [-0.39, 0.29) is 0 Å². The molecule has 19 heavy (non-hydrogen) atoms. The van der Waals surface area contributed by atoms with E-state index in [0.717, 1.165) is 30.4 Å². The average molecular weight is 260 g/mol. The molecular formula is C15H24N4. The fourth-order valence-electron chi connectivity index (χ4n) is 3.28. The number of anilines is 1. The number of nitrogens with zero attached hydrogens (tertiary/aromatic N) is 3. The number of hydrogen-bond donors (Lipinski definition) is 1. The second kappa shape index (κ2) is 5.88. The van der Waals surface area contributed by atoms with Crippen molar-refractivity contribution < 1.29 is 0 Å². The molecule has 1 aromatic heterocycles. The van der Waals surface area contributed by atoms with Crippen molar-refractivity contribution >= 4 is 5.69 Å². The summed E-state index contributed by atoms with van der Waals surface area (Å²) in [7, 11) is 0. The number of nitrogens with two attached hydrogens (primary N) is 1. The molecule has 2 saturated heterocycles. The molecule has 2 fully saturated rings. The molecule has 2 aliphatic heterocycles. The lowest BCUT2D eigenvalue weighted by Gasteiger charge is -2.23. The molecule has 1 aromatic rings. The predicted octanol–water partition coefficient (Wildman–Crippen LogP) is 1.38. The highest BCUT2D eigenvalue weighted by Gasteiger charge is 2.28. The van der Waals surface area contributed by atoms with Gasteiger partial charge in [0.15, 0.2) is 0 Å². The van der Waals surface area contributed by atoms with Crippen LogP contribution in [0.4, 0.5) is 5.69 Å². The molecule has 104 valence electrons. The highest BCUT2D eigenvalue weighted by molar-refractivity contribution is 5.34. The Morgan fingerprint density at radius 3 is 2.79 bits per heavy atom. The molecule has 0 aliphatic carbocycles. The van der Waals surface area contributed by atoms with Crippen LogP contribution < -0.4 is 5.73 Å². The van der Waals surface area contributed by atoms with Gasteiger partial charge in [0.05, 0.1) is 11.9 Å². The monoisotopic (exact) mass is 260 g/mol. The number of nitrogen functional groups attached to an aromatic ring is 1. The molecule has 0 amide bonds. The number of hydrogen-bond acceptors (Lipinski definition) is 4. The summed E-state index contributed by atoms with van der Waals surface area (Å²) in [6, 6.07) is 4.80. The van der Waals surface area contributed by atoms with Crippen molar-refractivity contribution in [2.45, 2.75) is 31.7 Å². The van der Waals surface area contributed by atoms with Crippen molar-refractivity contribution in [1.82, 2.24) is 14.8 Å². The highest BCUT2D eigenvalue weighted by atomic mass is 15.3. The Balaban J connectivity index is 1.45. The van der Waals surface area contributed by atoms with Gasteiger partial charge < -0.3 is 10.6 Å². The van der Waals surface area contributed by atoms with E-state index >= 15 is 0 Å². The van der Waals surface area contributed by atoms with E-state index in [4.69, 9.17) is 5.73 Å². The van der Waals surface area contributed by atoms with Crippen LogP contribution in [0.15, 0.2) is 18.3 Å². The Hall–Kier alpha value is -1.13. The highest BCUT2D eigenvalue weighted by Crippen LogP contribution is 2.20. The van der Waals surface area contributed by atoms with Crippen LogP contribution in [0.2, 0.25) is 0 Å². The zero-order valence-corrected chi connectivity index (χ0v) is 11.6. The first kappa shape index (κ1) is 12.9. The van der Waals surface area contributed by atoms with Crippen LogP contribution in [0.1, 0.15) is 25.0 Å².